The third kappa shape index (κ3) is 4.77. The average molecular weight is 494 g/mol. The molecular formula is C29H51NO5. The second-order valence-corrected chi connectivity index (χ2v) is 13.3. The van der Waals surface area contributed by atoms with E-state index in [2.05, 4.69) is 33.0 Å². The van der Waals surface area contributed by atoms with E-state index in [1.165, 1.54) is 25.7 Å². The molecule has 1 amide bonds. The predicted molar refractivity (Wildman–Crippen MR) is 137 cm³/mol. The molecule has 0 aromatic rings. The molecule has 6 heteroatoms. The molecule has 202 valence electrons. The van der Waals surface area contributed by atoms with Gasteiger partial charge in [0.15, 0.2) is 0 Å². The highest BCUT2D eigenvalue weighted by molar-refractivity contribution is 5.67. The zero-order chi connectivity index (χ0) is 25.5. The number of carbonyl (C=O) groups is 1. The number of nitrogens with one attached hydrogen (secondary N) is 1. The molecule has 4 unspecified atom stereocenters. The zero-order valence-electron chi connectivity index (χ0n) is 22.7. The Labute approximate surface area is 212 Å². The quantitative estimate of drug-likeness (QED) is 0.410. The summed E-state index contributed by atoms with van der Waals surface area (Å²) in [5, 5.41) is 34.0. The van der Waals surface area contributed by atoms with Crippen molar-refractivity contribution in [3.63, 3.8) is 0 Å². The maximum absolute atomic E-state index is 11.9. The highest BCUT2D eigenvalue weighted by Crippen LogP contribution is 2.69. The number of aliphatic hydroxyl groups is 3. The van der Waals surface area contributed by atoms with Crippen LogP contribution >= 0.6 is 0 Å². The highest BCUT2D eigenvalue weighted by Gasteiger charge is 2.64. The fourth-order valence-corrected chi connectivity index (χ4v) is 9.76. The van der Waals surface area contributed by atoms with Crippen molar-refractivity contribution in [2.45, 2.75) is 111 Å². The molecule has 35 heavy (non-hydrogen) atoms. The molecule has 4 N–H and O–H groups in total. The SMILES string of the molecule is CC[C@H]1[C@@H](O)C2C(CC[C@]3(C)C([C@H](C)CCOC(=O)NC(C)CO)CC[C@@H]23)[C@@]2(C)CC[C@@H](O)C[C@@H]12. The van der Waals surface area contributed by atoms with Crippen LogP contribution < -0.4 is 5.32 Å². The normalized spacial score (nSPS) is 46.6. The van der Waals surface area contributed by atoms with Gasteiger partial charge in [0.25, 0.3) is 0 Å². The predicted octanol–water partition coefficient (Wildman–Crippen LogP) is 4.75. The van der Waals surface area contributed by atoms with Crippen LogP contribution in [0.3, 0.4) is 0 Å². The summed E-state index contributed by atoms with van der Waals surface area (Å²) in [6, 6.07) is -0.299. The van der Waals surface area contributed by atoms with E-state index in [0.29, 0.717) is 48.0 Å². The van der Waals surface area contributed by atoms with Gasteiger partial charge in [0.05, 0.1) is 31.5 Å². The summed E-state index contributed by atoms with van der Waals surface area (Å²) in [7, 11) is 0. The number of hydrogen-bond donors (Lipinski definition) is 4. The molecule has 0 aromatic heterocycles. The number of aliphatic hydroxyl groups excluding tert-OH is 3. The van der Waals surface area contributed by atoms with E-state index in [9.17, 15) is 15.0 Å². The minimum absolute atomic E-state index is 0.0966. The number of fused-ring (bicyclic) bond motifs is 5. The van der Waals surface area contributed by atoms with Crippen molar-refractivity contribution >= 4 is 6.09 Å². The van der Waals surface area contributed by atoms with E-state index < -0.39 is 6.09 Å². The van der Waals surface area contributed by atoms with Crippen LogP contribution in [0.4, 0.5) is 4.79 Å². The van der Waals surface area contributed by atoms with Crippen molar-refractivity contribution in [2.75, 3.05) is 13.2 Å². The number of amides is 1. The van der Waals surface area contributed by atoms with Gasteiger partial charge in [0, 0.05) is 0 Å². The van der Waals surface area contributed by atoms with Crippen molar-refractivity contribution in [1.29, 1.82) is 0 Å². The Bertz CT molecular complexity index is 747. The standard InChI is InChI=1S/C29H51NO5/c1-6-20-24-15-19(32)9-12-29(24,5)23-10-13-28(4)21(7-8-22(28)25(23)26(20)33)17(2)11-14-35-27(34)30-18(3)16-31/h17-26,31-33H,6-16H2,1-5H3,(H,30,34)/t17-,18?,19-,20-,21?,22+,23?,24+,25?,26-,28-,29-/m1/s1. The molecule has 0 heterocycles. The lowest BCUT2D eigenvalue weighted by Gasteiger charge is -2.64. The topological polar surface area (TPSA) is 99.0 Å². The van der Waals surface area contributed by atoms with Crippen LogP contribution in [-0.2, 0) is 4.74 Å². The number of rotatable bonds is 7. The van der Waals surface area contributed by atoms with Gasteiger partial charge >= 0.3 is 6.09 Å². The van der Waals surface area contributed by atoms with Gasteiger partial charge < -0.3 is 25.4 Å². The van der Waals surface area contributed by atoms with Crippen LogP contribution in [0.15, 0.2) is 0 Å². The van der Waals surface area contributed by atoms with Crippen LogP contribution in [0.5, 0.6) is 0 Å². The third-order valence-electron chi connectivity index (χ3n) is 11.6. The van der Waals surface area contributed by atoms with E-state index in [0.717, 1.165) is 32.1 Å². The molecule has 4 fully saturated rings. The van der Waals surface area contributed by atoms with Gasteiger partial charge in [-0.2, -0.15) is 0 Å². The molecule has 0 saturated heterocycles. The number of alkyl carbamates (subject to hydrolysis) is 1. The van der Waals surface area contributed by atoms with Crippen LogP contribution in [-0.4, -0.2) is 52.9 Å². The van der Waals surface area contributed by atoms with Crippen LogP contribution in [0, 0.1) is 52.3 Å². The summed E-state index contributed by atoms with van der Waals surface area (Å²) in [4.78, 5) is 11.9. The van der Waals surface area contributed by atoms with E-state index in [1.807, 2.05) is 0 Å². The van der Waals surface area contributed by atoms with Crippen molar-refractivity contribution in [1.82, 2.24) is 5.32 Å². The Hall–Kier alpha value is -0.850. The summed E-state index contributed by atoms with van der Waals surface area (Å²) in [5.74, 6) is 3.26. The molecule has 0 spiro atoms. The third-order valence-corrected chi connectivity index (χ3v) is 11.6. The van der Waals surface area contributed by atoms with Gasteiger partial charge in [-0.25, -0.2) is 4.79 Å². The maximum atomic E-state index is 11.9. The van der Waals surface area contributed by atoms with Crippen molar-refractivity contribution in [2.24, 2.45) is 52.3 Å². The van der Waals surface area contributed by atoms with Gasteiger partial charge in [0.2, 0.25) is 0 Å². The number of hydrogen-bond acceptors (Lipinski definition) is 5. The smallest absolute Gasteiger partial charge is 0.407 e. The summed E-state index contributed by atoms with van der Waals surface area (Å²) >= 11 is 0. The first kappa shape index (κ1) is 27.2. The van der Waals surface area contributed by atoms with Gasteiger partial charge in [-0.3, -0.25) is 0 Å². The summed E-state index contributed by atoms with van der Waals surface area (Å²) in [6.07, 6.45) is 8.60. The molecule has 0 radical (unpaired) electrons. The minimum atomic E-state index is -0.453. The van der Waals surface area contributed by atoms with Gasteiger partial charge in [0.1, 0.15) is 0 Å². The molecule has 0 aliphatic heterocycles. The lowest BCUT2D eigenvalue weighted by Crippen LogP contribution is -2.62. The van der Waals surface area contributed by atoms with Crippen LogP contribution in [0.25, 0.3) is 0 Å². The maximum Gasteiger partial charge on any atom is 0.407 e. The Morgan fingerprint density at radius 2 is 1.71 bits per heavy atom. The Morgan fingerprint density at radius 1 is 1.03 bits per heavy atom. The lowest BCUT2D eigenvalue weighted by molar-refractivity contribution is -0.203. The van der Waals surface area contributed by atoms with Gasteiger partial charge in [-0.05, 0) is 111 Å². The number of carbonyl (C=O) groups excluding carboxylic acids is 1. The van der Waals surface area contributed by atoms with E-state index >= 15 is 0 Å². The van der Waals surface area contributed by atoms with Crippen molar-refractivity contribution < 1.29 is 24.9 Å². The Morgan fingerprint density at radius 3 is 2.40 bits per heavy atom. The van der Waals surface area contributed by atoms with Gasteiger partial charge in [-0.1, -0.05) is 34.1 Å². The molecule has 4 aliphatic rings. The van der Waals surface area contributed by atoms with E-state index in [4.69, 9.17) is 9.84 Å². The average Bonchev–Trinajstić information content (AvgIpc) is 3.17. The molecule has 4 saturated carbocycles. The van der Waals surface area contributed by atoms with E-state index in [1.54, 1.807) is 6.92 Å². The lowest BCUT2D eigenvalue weighted by atomic mass is 9.41. The summed E-state index contributed by atoms with van der Waals surface area (Å²) in [6.45, 7) is 11.6. The molecule has 6 nitrogen and oxygen atoms in total. The molecule has 4 aliphatic carbocycles. The fourth-order valence-electron chi connectivity index (χ4n) is 9.76. The number of ether oxygens (including phenoxy) is 1. The van der Waals surface area contributed by atoms with Crippen molar-refractivity contribution in [3.05, 3.63) is 0 Å². The summed E-state index contributed by atoms with van der Waals surface area (Å²) < 4.78 is 5.40. The van der Waals surface area contributed by atoms with Crippen molar-refractivity contribution in [3.8, 4) is 0 Å². The van der Waals surface area contributed by atoms with Crippen LogP contribution in [0.2, 0.25) is 0 Å². The van der Waals surface area contributed by atoms with Crippen LogP contribution in [0.1, 0.15) is 92.4 Å². The molecular weight excluding hydrogens is 442 g/mol. The monoisotopic (exact) mass is 493 g/mol. The Kier molecular flexibility index (Phi) is 8.15. The summed E-state index contributed by atoms with van der Waals surface area (Å²) in [5.41, 5.74) is 0.465. The fraction of sp³-hybridized carbons (Fsp3) is 0.966. The first-order chi connectivity index (χ1) is 16.6. The zero-order valence-corrected chi connectivity index (χ0v) is 22.7. The largest absolute Gasteiger partial charge is 0.450 e. The Balaban J connectivity index is 1.45. The molecule has 0 aromatic carbocycles. The first-order valence-corrected chi connectivity index (χ1v) is 14.5. The van der Waals surface area contributed by atoms with E-state index in [-0.39, 0.29) is 35.7 Å². The second-order valence-electron chi connectivity index (χ2n) is 13.3. The minimum Gasteiger partial charge on any atom is -0.450 e. The first-order valence-electron chi connectivity index (χ1n) is 14.5. The highest BCUT2D eigenvalue weighted by atomic mass is 16.5. The molecule has 12 atom stereocenters. The van der Waals surface area contributed by atoms with Gasteiger partial charge in [-0.15, -0.1) is 0 Å². The second kappa shape index (κ2) is 10.5. The molecule has 0 bridgehead atoms. The molecule has 4 rings (SSSR count).